The summed E-state index contributed by atoms with van der Waals surface area (Å²) in [5.41, 5.74) is 0.626. The van der Waals surface area contributed by atoms with Crippen LogP contribution in [0.2, 0.25) is 0 Å². The molecule has 3 nitrogen and oxygen atoms in total. The van der Waals surface area contributed by atoms with Crippen molar-refractivity contribution in [3.8, 4) is 11.8 Å². The van der Waals surface area contributed by atoms with E-state index in [0.717, 1.165) is 6.07 Å². The van der Waals surface area contributed by atoms with Crippen molar-refractivity contribution in [1.82, 2.24) is 0 Å². The maximum atomic E-state index is 13.6. The summed E-state index contributed by atoms with van der Waals surface area (Å²) in [5.74, 6) is -1.43. The molecule has 19 heavy (non-hydrogen) atoms. The van der Waals surface area contributed by atoms with Crippen molar-refractivity contribution < 1.29 is 13.5 Å². The molecule has 0 aliphatic rings. The second-order valence-corrected chi connectivity index (χ2v) is 3.75. The van der Waals surface area contributed by atoms with Crippen LogP contribution < -0.4 is 10.1 Å². The second kappa shape index (κ2) is 5.36. The number of hydrogen-bond donors (Lipinski definition) is 1. The predicted octanol–water partition coefficient (Wildman–Crippen LogP) is 3.59. The Hall–Kier alpha value is -2.61. The molecule has 0 aliphatic heterocycles. The van der Waals surface area contributed by atoms with Gasteiger partial charge in [-0.15, -0.1) is 0 Å². The first-order valence-corrected chi connectivity index (χ1v) is 5.45. The van der Waals surface area contributed by atoms with Gasteiger partial charge in [-0.2, -0.15) is 5.26 Å². The quantitative estimate of drug-likeness (QED) is 0.917. The highest BCUT2D eigenvalue weighted by atomic mass is 19.2. The van der Waals surface area contributed by atoms with Gasteiger partial charge in [-0.25, -0.2) is 8.78 Å². The maximum Gasteiger partial charge on any atom is 0.182 e. The average molecular weight is 260 g/mol. The second-order valence-electron chi connectivity index (χ2n) is 3.75. The molecule has 96 valence electrons. The standard InChI is InChI=1S/C14H10F2N2O/c1-19-10-6-5-9(8-17)13(7-10)18-12-4-2-3-11(15)14(12)16/h2-7,18H,1H3. The SMILES string of the molecule is COc1ccc(C#N)c(Nc2cccc(F)c2F)c1. The molecule has 2 aromatic carbocycles. The molecule has 0 unspecified atom stereocenters. The smallest absolute Gasteiger partial charge is 0.182 e. The van der Waals surface area contributed by atoms with Crippen LogP contribution in [0.5, 0.6) is 5.75 Å². The van der Waals surface area contributed by atoms with Crippen molar-refractivity contribution in [2.24, 2.45) is 0 Å². The van der Waals surface area contributed by atoms with Gasteiger partial charge in [-0.1, -0.05) is 6.07 Å². The third-order valence-corrected chi connectivity index (χ3v) is 2.57. The van der Waals surface area contributed by atoms with Crippen molar-refractivity contribution in [1.29, 1.82) is 5.26 Å². The summed E-state index contributed by atoms with van der Waals surface area (Å²) < 4.78 is 31.7. The summed E-state index contributed by atoms with van der Waals surface area (Å²) >= 11 is 0. The Labute approximate surface area is 109 Å². The van der Waals surface area contributed by atoms with E-state index in [9.17, 15) is 8.78 Å². The molecule has 2 aromatic rings. The molecule has 0 spiro atoms. The van der Waals surface area contributed by atoms with E-state index >= 15 is 0 Å². The Morgan fingerprint density at radius 3 is 2.63 bits per heavy atom. The number of ether oxygens (including phenoxy) is 1. The van der Waals surface area contributed by atoms with Gasteiger partial charge in [0.25, 0.3) is 0 Å². The molecule has 1 N–H and O–H groups in total. The van der Waals surface area contributed by atoms with Gasteiger partial charge in [0, 0.05) is 6.07 Å². The number of nitriles is 1. The fraction of sp³-hybridized carbons (Fsp3) is 0.0714. The van der Waals surface area contributed by atoms with Gasteiger partial charge in [0.15, 0.2) is 11.6 Å². The number of hydrogen-bond acceptors (Lipinski definition) is 3. The fourth-order valence-corrected chi connectivity index (χ4v) is 1.60. The first-order chi connectivity index (χ1) is 9.15. The van der Waals surface area contributed by atoms with Crippen LogP contribution in [-0.4, -0.2) is 7.11 Å². The van der Waals surface area contributed by atoms with Crippen LogP contribution in [0.15, 0.2) is 36.4 Å². The minimum atomic E-state index is -0.991. The summed E-state index contributed by atoms with van der Waals surface area (Å²) in [4.78, 5) is 0. The average Bonchev–Trinajstić information content (AvgIpc) is 2.43. The largest absolute Gasteiger partial charge is 0.497 e. The summed E-state index contributed by atoms with van der Waals surface area (Å²) in [6.07, 6.45) is 0. The lowest BCUT2D eigenvalue weighted by Gasteiger charge is -2.11. The van der Waals surface area contributed by atoms with Gasteiger partial charge in [-0.05, 0) is 24.3 Å². The molecule has 0 aromatic heterocycles. The lowest BCUT2D eigenvalue weighted by atomic mass is 10.1. The van der Waals surface area contributed by atoms with Crippen molar-refractivity contribution in [2.75, 3.05) is 12.4 Å². The Kier molecular flexibility index (Phi) is 3.62. The summed E-state index contributed by atoms with van der Waals surface area (Å²) in [6, 6.07) is 10.5. The topological polar surface area (TPSA) is 45.0 Å². The first kappa shape index (κ1) is 12.8. The van der Waals surface area contributed by atoms with E-state index in [1.54, 1.807) is 18.2 Å². The molecule has 0 saturated carbocycles. The monoisotopic (exact) mass is 260 g/mol. The third-order valence-electron chi connectivity index (χ3n) is 2.57. The lowest BCUT2D eigenvalue weighted by molar-refractivity contribution is 0.415. The molecule has 0 aliphatic carbocycles. The normalized spacial score (nSPS) is 9.79. The number of nitrogens with one attached hydrogen (secondary N) is 1. The van der Waals surface area contributed by atoms with E-state index in [1.165, 1.54) is 19.2 Å². The van der Waals surface area contributed by atoms with Crippen LogP contribution in [0.25, 0.3) is 0 Å². The minimum absolute atomic E-state index is 0.0373. The van der Waals surface area contributed by atoms with Gasteiger partial charge in [0.1, 0.15) is 11.8 Å². The molecule has 0 amide bonds. The van der Waals surface area contributed by atoms with Crippen LogP contribution in [0, 0.1) is 23.0 Å². The van der Waals surface area contributed by atoms with Crippen LogP contribution in [0.4, 0.5) is 20.2 Å². The summed E-state index contributed by atoms with van der Waals surface area (Å²) in [7, 11) is 1.48. The van der Waals surface area contributed by atoms with Gasteiger partial charge in [0.2, 0.25) is 0 Å². The zero-order valence-electron chi connectivity index (χ0n) is 10.1. The van der Waals surface area contributed by atoms with Crippen molar-refractivity contribution >= 4 is 11.4 Å². The molecule has 5 heteroatoms. The number of nitrogens with zero attached hydrogens (tertiary/aromatic N) is 1. The van der Waals surface area contributed by atoms with Crippen molar-refractivity contribution in [3.05, 3.63) is 53.6 Å². The fourth-order valence-electron chi connectivity index (χ4n) is 1.60. The Morgan fingerprint density at radius 1 is 1.16 bits per heavy atom. The van der Waals surface area contributed by atoms with Crippen LogP contribution in [0.3, 0.4) is 0 Å². The molecule has 0 saturated heterocycles. The van der Waals surface area contributed by atoms with E-state index in [1.807, 2.05) is 6.07 Å². The number of methoxy groups -OCH3 is 1. The Bertz CT molecular complexity index is 650. The third kappa shape index (κ3) is 2.63. The molecule has 0 heterocycles. The zero-order valence-corrected chi connectivity index (χ0v) is 10.1. The van der Waals surface area contributed by atoms with Crippen molar-refractivity contribution in [3.63, 3.8) is 0 Å². The van der Waals surface area contributed by atoms with Gasteiger partial charge >= 0.3 is 0 Å². The number of anilines is 2. The van der Waals surface area contributed by atoms with E-state index in [4.69, 9.17) is 10.00 Å². The highest BCUT2D eigenvalue weighted by molar-refractivity contribution is 5.68. The molecule has 0 bridgehead atoms. The minimum Gasteiger partial charge on any atom is -0.497 e. The highest BCUT2D eigenvalue weighted by Crippen LogP contribution is 2.27. The molecule has 0 fully saturated rings. The Morgan fingerprint density at radius 2 is 1.95 bits per heavy atom. The molecular formula is C14H10F2N2O. The van der Waals surface area contributed by atoms with Crippen LogP contribution in [-0.2, 0) is 0 Å². The summed E-state index contributed by atoms with van der Waals surface area (Å²) in [5, 5.41) is 11.7. The van der Waals surface area contributed by atoms with Gasteiger partial charge in [-0.3, -0.25) is 0 Å². The van der Waals surface area contributed by atoms with E-state index in [-0.39, 0.29) is 5.69 Å². The van der Waals surface area contributed by atoms with E-state index in [2.05, 4.69) is 5.32 Å². The van der Waals surface area contributed by atoms with E-state index < -0.39 is 11.6 Å². The molecule has 0 atom stereocenters. The molecule has 2 rings (SSSR count). The number of benzene rings is 2. The van der Waals surface area contributed by atoms with Crippen molar-refractivity contribution in [2.45, 2.75) is 0 Å². The molecular weight excluding hydrogens is 250 g/mol. The predicted molar refractivity (Wildman–Crippen MR) is 67.3 cm³/mol. The highest BCUT2D eigenvalue weighted by Gasteiger charge is 2.10. The van der Waals surface area contributed by atoms with Crippen LogP contribution >= 0.6 is 0 Å². The summed E-state index contributed by atoms with van der Waals surface area (Å²) in [6.45, 7) is 0. The van der Waals surface area contributed by atoms with Gasteiger partial charge < -0.3 is 10.1 Å². The number of rotatable bonds is 3. The van der Waals surface area contributed by atoms with Gasteiger partial charge in [0.05, 0.1) is 24.0 Å². The van der Waals surface area contributed by atoms with Crippen LogP contribution in [0.1, 0.15) is 5.56 Å². The molecule has 0 radical (unpaired) electrons. The first-order valence-electron chi connectivity index (χ1n) is 5.45. The maximum absolute atomic E-state index is 13.6. The Balaban J connectivity index is 2.42. The lowest BCUT2D eigenvalue weighted by Crippen LogP contribution is -1.98. The number of halogens is 2. The van der Waals surface area contributed by atoms with E-state index in [0.29, 0.717) is 17.0 Å². The zero-order chi connectivity index (χ0) is 13.8.